The fourth-order valence-corrected chi connectivity index (χ4v) is 4.16. The molecule has 3 rings (SSSR count). The Morgan fingerprint density at radius 3 is 2.10 bits per heavy atom. The summed E-state index contributed by atoms with van der Waals surface area (Å²) < 4.78 is 0. The lowest BCUT2D eigenvalue weighted by Gasteiger charge is -2.27. The van der Waals surface area contributed by atoms with E-state index in [2.05, 4.69) is 13.8 Å². The van der Waals surface area contributed by atoms with E-state index in [0.29, 0.717) is 0 Å². The van der Waals surface area contributed by atoms with Crippen molar-refractivity contribution >= 4 is 0 Å². The molecule has 2 atom stereocenters. The predicted octanol–water partition coefficient (Wildman–Crippen LogP) is 2.69. The standard InChI is InChI=1S/C10H16/c1-6(2)10-7-4-3-5-8(10)9(7)10/h6-9H,3-5H2,1-2H3. The molecule has 0 heteroatoms. The normalized spacial score (nSPS) is 62.1. The van der Waals surface area contributed by atoms with Crippen molar-refractivity contribution in [2.45, 2.75) is 33.1 Å². The van der Waals surface area contributed by atoms with Gasteiger partial charge in [0.25, 0.3) is 0 Å². The molecule has 3 aliphatic carbocycles. The molecule has 3 fully saturated rings. The van der Waals surface area contributed by atoms with Crippen LogP contribution in [0.1, 0.15) is 33.1 Å². The van der Waals surface area contributed by atoms with E-state index in [1.54, 1.807) is 19.3 Å². The summed E-state index contributed by atoms with van der Waals surface area (Å²) in [5, 5.41) is 0. The van der Waals surface area contributed by atoms with Gasteiger partial charge in [0.2, 0.25) is 0 Å². The topological polar surface area (TPSA) is 0 Å². The second-order valence-electron chi connectivity index (χ2n) is 4.82. The second kappa shape index (κ2) is 1.31. The van der Waals surface area contributed by atoms with Crippen LogP contribution in [0.5, 0.6) is 0 Å². The monoisotopic (exact) mass is 136 g/mol. The van der Waals surface area contributed by atoms with E-state index >= 15 is 0 Å². The van der Waals surface area contributed by atoms with E-state index < -0.39 is 0 Å². The molecule has 2 unspecified atom stereocenters. The number of rotatable bonds is 1. The Bertz CT molecular complexity index is 159. The zero-order valence-electron chi connectivity index (χ0n) is 6.93. The Labute approximate surface area is 63.0 Å². The molecule has 0 bridgehead atoms. The third-order valence-electron chi connectivity index (χ3n) is 4.54. The van der Waals surface area contributed by atoms with Crippen LogP contribution in [0.15, 0.2) is 0 Å². The second-order valence-corrected chi connectivity index (χ2v) is 4.82. The van der Waals surface area contributed by atoms with E-state index in [1.165, 1.54) is 17.8 Å². The predicted molar refractivity (Wildman–Crippen MR) is 41.6 cm³/mol. The van der Waals surface area contributed by atoms with Crippen LogP contribution in [0.25, 0.3) is 0 Å². The van der Waals surface area contributed by atoms with Crippen LogP contribution in [-0.2, 0) is 0 Å². The minimum atomic E-state index is 0.929. The highest BCUT2D eigenvalue weighted by Crippen LogP contribution is 2.91. The van der Waals surface area contributed by atoms with Crippen LogP contribution in [0.3, 0.4) is 0 Å². The first-order valence-corrected chi connectivity index (χ1v) is 4.79. The summed E-state index contributed by atoms with van der Waals surface area (Å²) in [5.41, 5.74) is 0.929. The smallest absolute Gasteiger partial charge is 0.0178 e. The zero-order chi connectivity index (χ0) is 6.93. The molecule has 0 aliphatic heterocycles. The van der Waals surface area contributed by atoms with Crippen molar-refractivity contribution in [3.63, 3.8) is 0 Å². The molecule has 0 N–H and O–H groups in total. The van der Waals surface area contributed by atoms with Crippen molar-refractivity contribution in [1.82, 2.24) is 0 Å². The zero-order valence-corrected chi connectivity index (χ0v) is 6.93. The van der Waals surface area contributed by atoms with Gasteiger partial charge in [0.1, 0.15) is 0 Å². The van der Waals surface area contributed by atoms with E-state index in [1.807, 2.05) is 0 Å². The van der Waals surface area contributed by atoms with E-state index in [0.717, 1.165) is 11.3 Å². The molecule has 0 aromatic heterocycles. The number of hydrogen-bond acceptors (Lipinski definition) is 0. The van der Waals surface area contributed by atoms with Gasteiger partial charge in [-0.1, -0.05) is 20.3 Å². The summed E-state index contributed by atoms with van der Waals surface area (Å²) in [6.07, 6.45) is 4.68. The summed E-state index contributed by atoms with van der Waals surface area (Å²) >= 11 is 0. The maximum atomic E-state index is 2.43. The Morgan fingerprint density at radius 2 is 1.80 bits per heavy atom. The maximum absolute atomic E-state index is 2.43. The molecule has 56 valence electrons. The molecule has 0 radical (unpaired) electrons. The van der Waals surface area contributed by atoms with E-state index in [-0.39, 0.29) is 0 Å². The van der Waals surface area contributed by atoms with Gasteiger partial charge < -0.3 is 0 Å². The summed E-state index contributed by atoms with van der Waals surface area (Å²) in [6, 6.07) is 0. The molecule has 0 aromatic rings. The Morgan fingerprint density at radius 1 is 1.20 bits per heavy atom. The highest BCUT2D eigenvalue weighted by molar-refractivity contribution is 5.33. The highest BCUT2D eigenvalue weighted by Gasteiger charge is 2.86. The van der Waals surface area contributed by atoms with Gasteiger partial charge in [-0.15, -0.1) is 0 Å². The minimum absolute atomic E-state index is 0.929. The van der Waals surface area contributed by atoms with Gasteiger partial charge in [-0.05, 0) is 41.9 Å². The minimum Gasteiger partial charge on any atom is -0.0622 e. The first kappa shape index (κ1) is 5.62. The molecule has 10 heavy (non-hydrogen) atoms. The van der Waals surface area contributed by atoms with Gasteiger partial charge >= 0.3 is 0 Å². The molecule has 0 heterocycles. The molecular formula is C10H16. The van der Waals surface area contributed by atoms with Crippen LogP contribution in [-0.4, -0.2) is 0 Å². The molecule has 0 amide bonds. The highest BCUT2D eigenvalue weighted by atomic mass is 14.9. The first-order chi connectivity index (χ1) is 4.79. The molecule has 3 aliphatic rings. The van der Waals surface area contributed by atoms with Gasteiger partial charge in [0.05, 0.1) is 0 Å². The van der Waals surface area contributed by atoms with Crippen LogP contribution < -0.4 is 0 Å². The van der Waals surface area contributed by atoms with Crippen molar-refractivity contribution in [2.24, 2.45) is 29.1 Å². The quantitative estimate of drug-likeness (QED) is 0.520. The molecule has 3 saturated carbocycles. The number of fused-ring (bicyclic) bond motifs is 2. The van der Waals surface area contributed by atoms with Crippen molar-refractivity contribution in [2.75, 3.05) is 0 Å². The fraction of sp³-hybridized carbons (Fsp3) is 1.00. The Kier molecular flexibility index (Phi) is 0.735. The van der Waals surface area contributed by atoms with Gasteiger partial charge in [-0.2, -0.15) is 0 Å². The number of hydrogen-bond donors (Lipinski definition) is 0. The average Bonchev–Trinajstić information content (AvgIpc) is 2.74. The summed E-state index contributed by atoms with van der Waals surface area (Å²) in [5.74, 6) is 4.62. The first-order valence-electron chi connectivity index (χ1n) is 4.79. The summed E-state index contributed by atoms with van der Waals surface area (Å²) in [7, 11) is 0. The van der Waals surface area contributed by atoms with Gasteiger partial charge in [-0.25, -0.2) is 0 Å². The molecular weight excluding hydrogens is 120 g/mol. The largest absolute Gasteiger partial charge is 0.0622 e. The van der Waals surface area contributed by atoms with Crippen LogP contribution in [0.4, 0.5) is 0 Å². The average molecular weight is 136 g/mol. The van der Waals surface area contributed by atoms with Crippen LogP contribution in [0.2, 0.25) is 0 Å². The van der Waals surface area contributed by atoms with E-state index in [9.17, 15) is 0 Å². The van der Waals surface area contributed by atoms with Crippen molar-refractivity contribution in [3.8, 4) is 0 Å². The molecule has 0 saturated heterocycles. The van der Waals surface area contributed by atoms with Gasteiger partial charge in [0, 0.05) is 0 Å². The van der Waals surface area contributed by atoms with Gasteiger partial charge in [0.15, 0.2) is 0 Å². The van der Waals surface area contributed by atoms with Gasteiger partial charge in [-0.3, -0.25) is 0 Å². The lowest BCUT2D eigenvalue weighted by atomic mass is 9.78. The van der Waals surface area contributed by atoms with Crippen molar-refractivity contribution < 1.29 is 0 Å². The van der Waals surface area contributed by atoms with Crippen molar-refractivity contribution in [1.29, 1.82) is 0 Å². The SMILES string of the molecule is CC(C)C12C3CCCC1C32. The van der Waals surface area contributed by atoms with E-state index in [4.69, 9.17) is 0 Å². The van der Waals surface area contributed by atoms with Crippen molar-refractivity contribution in [3.05, 3.63) is 0 Å². The van der Waals surface area contributed by atoms with Crippen LogP contribution in [0, 0.1) is 29.1 Å². The van der Waals surface area contributed by atoms with Crippen LogP contribution >= 0.6 is 0 Å². The molecule has 0 nitrogen and oxygen atoms in total. The third kappa shape index (κ3) is 0.339. The summed E-state index contributed by atoms with van der Waals surface area (Å²) in [6.45, 7) is 4.86. The lowest BCUT2D eigenvalue weighted by molar-refractivity contribution is 0.223. The Balaban J connectivity index is 1.88. The molecule has 0 spiro atoms. The fourth-order valence-electron chi connectivity index (χ4n) is 4.16. The molecule has 0 aromatic carbocycles. The maximum Gasteiger partial charge on any atom is -0.0178 e. The Hall–Kier alpha value is 0. The third-order valence-corrected chi connectivity index (χ3v) is 4.54. The lowest BCUT2D eigenvalue weighted by Crippen LogP contribution is -2.19. The summed E-state index contributed by atoms with van der Waals surface area (Å²) in [4.78, 5) is 0.